The lowest BCUT2D eigenvalue weighted by Gasteiger charge is -2.16. The lowest BCUT2D eigenvalue weighted by molar-refractivity contribution is -0.145. The molecule has 0 aliphatic carbocycles. The number of esters is 1. The van der Waals surface area contributed by atoms with Crippen LogP contribution in [0.3, 0.4) is 0 Å². The van der Waals surface area contributed by atoms with Gasteiger partial charge in [0.15, 0.2) is 0 Å². The number of hydrogen-bond donors (Lipinski definition) is 0. The number of ketones is 1. The first-order chi connectivity index (χ1) is 11.1. The van der Waals surface area contributed by atoms with Crippen molar-refractivity contribution in [3.63, 3.8) is 0 Å². The third-order valence-corrected chi connectivity index (χ3v) is 3.69. The molecule has 0 heterocycles. The summed E-state index contributed by atoms with van der Waals surface area (Å²) in [5.41, 5.74) is 2.97. The Hall–Kier alpha value is -2.42. The molecule has 0 bridgehead atoms. The van der Waals surface area contributed by atoms with Crippen LogP contribution in [0.15, 0.2) is 54.6 Å². The fourth-order valence-electron chi connectivity index (χ4n) is 2.59. The van der Waals surface area contributed by atoms with E-state index in [1.807, 2.05) is 61.5 Å². The fraction of sp³-hybridized carbons (Fsp3) is 0.300. The van der Waals surface area contributed by atoms with Gasteiger partial charge in [0.05, 0.1) is 12.5 Å². The van der Waals surface area contributed by atoms with Crippen LogP contribution in [0.5, 0.6) is 0 Å². The predicted molar refractivity (Wildman–Crippen MR) is 90.3 cm³/mol. The second-order valence-electron chi connectivity index (χ2n) is 5.61. The van der Waals surface area contributed by atoms with E-state index in [9.17, 15) is 9.59 Å². The average Bonchev–Trinajstić information content (AvgIpc) is 2.54. The summed E-state index contributed by atoms with van der Waals surface area (Å²) in [6.45, 7) is 3.75. The first-order valence-corrected chi connectivity index (χ1v) is 7.89. The number of hydrogen-bond acceptors (Lipinski definition) is 3. The van der Waals surface area contributed by atoms with E-state index < -0.39 is 0 Å². The van der Waals surface area contributed by atoms with E-state index >= 15 is 0 Å². The molecule has 0 aliphatic heterocycles. The Morgan fingerprint density at radius 2 is 1.61 bits per heavy atom. The number of carbonyl (C=O) groups is 2. The van der Waals surface area contributed by atoms with Gasteiger partial charge in [0, 0.05) is 6.42 Å². The lowest BCUT2D eigenvalue weighted by atomic mass is 9.91. The van der Waals surface area contributed by atoms with Crippen LogP contribution in [-0.4, -0.2) is 18.4 Å². The first-order valence-electron chi connectivity index (χ1n) is 7.89. The summed E-state index contributed by atoms with van der Waals surface area (Å²) >= 11 is 0. The van der Waals surface area contributed by atoms with Crippen LogP contribution < -0.4 is 0 Å². The third kappa shape index (κ3) is 5.06. The molecule has 2 rings (SSSR count). The Morgan fingerprint density at radius 3 is 2.17 bits per heavy atom. The van der Waals surface area contributed by atoms with Crippen molar-refractivity contribution in [2.75, 3.05) is 6.61 Å². The smallest absolute Gasteiger partial charge is 0.313 e. The van der Waals surface area contributed by atoms with Gasteiger partial charge in [-0.2, -0.15) is 0 Å². The zero-order valence-electron chi connectivity index (χ0n) is 13.6. The zero-order chi connectivity index (χ0) is 16.7. The van der Waals surface area contributed by atoms with Crippen molar-refractivity contribution in [3.05, 3.63) is 71.3 Å². The monoisotopic (exact) mass is 310 g/mol. The van der Waals surface area contributed by atoms with Gasteiger partial charge in [-0.05, 0) is 37.0 Å². The largest absolute Gasteiger partial charge is 0.466 e. The van der Waals surface area contributed by atoms with Gasteiger partial charge in [0.1, 0.15) is 5.78 Å². The Bertz CT molecular complexity index is 644. The van der Waals surface area contributed by atoms with Gasteiger partial charge in [-0.25, -0.2) is 0 Å². The van der Waals surface area contributed by atoms with Crippen LogP contribution in [0.4, 0.5) is 0 Å². The molecule has 1 atom stereocenters. The molecule has 0 aliphatic rings. The summed E-state index contributed by atoms with van der Waals surface area (Å²) < 4.78 is 5.23. The Labute approximate surface area is 137 Å². The van der Waals surface area contributed by atoms with Crippen LogP contribution in [0, 0.1) is 0 Å². The summed E-state index contributed by atoms with van der Waals surface area (Å²) in [5.74, 6) is -0.414. The summed E-state index contributed by atoms with van der Waals surface area (Å²) in [6, 6.07) is 17.6. The minimum absolute atomic E-state index is 0.129. The number of carbonyl (C=O) groups excluding carboxylic acids is 2. The summed E-state index contributed by atoms with van der Waals surface area (Å²) in [7, 11) is 0. The van der Waals surface area contributed by atoms with Crippen LogP contribution >= 0.6 is 0 Å². The Balaban J connectivity index is 2.22. The van der Waals surface area contributed by atoms with Gasteiger partial charge >= 0.3 is 5.97 Å². The molecule has 2 aromatic carbocycles. The normalized spacial score (nSPS) is 11.7. The van der Waals surface area contributed by atoms with Crippen molar-refractivity contribution in [2.24, 2.45) is 0 Å². The fourth-order valence-corrected chi connectivity index (χ4v) is 2.59. The second kappa shape index (κ2) is 8.28. The molecule has 0 amide bonds. The van der Waals surface area contributed by atoms with Crippen molar-refractivity contribution in [1.29, 1.82) is 0 Å². The maximum Gasteiger partial charge on any atom is 0.313 e. The minimum Gasteiger partial charge on any atom is -0.466 e. The van der Waals surface area contributed by atoms with Crippen molar-refractivity contribution in [3.8, 4) is 0 Å². The maximum absolute atomic E-state index is 12.3. The molecule has 0 N–H and O–H groups in total. The molecule has 2 aromatic rings. The van der Waals surface area contributed by atoms with Crippen LogP contribution in [0.2, 0.25) is 0 Å². The summed E-state index contributed by atoms with van der Waals surface area (Å²) in [5, 5.41) is 0. The van der Waals surface area contributed by atoms with Crippen molar-refractivity contribution >= 4 is 11.8 Å². The number of benzene rings is 2. The van der Waals surface area contributed by atoms with Crippen LogP contribution in [-0.2, 0) is 27.2 Å². The average molecular weight is 310 g/mol. The molecule has 0 saturated carbocycles. The highest BCUT2D eigenvalue weighted by atomic mass is 16.5. The van der Waals surface area contributed by atoms with E-state index in [-0.39, 0.29) is 17.7 Å². The Morgan fingerprint density at radius 1 is 0.957 bits per heavy atom. The van der Waals surface area contributed by atoms with E-state index in [2.05, 4.69) is 0 Å². The van der Waals surface area contributed by atoms with Crippen molar-refractivity contribution < 1.29 is 14.3 Å². The van der Waals surface area contributed by atoms with E-state index in [4.69, 9.17) is 4.74 Å². The molecule has 0 radical (unpaired) electrons. The van der Waals surface area contributed by atoms with Gasteiger partial charge in [-0.1, -0.05) is 54.6 Å². The van der Waals surface area contributed by atoms with Gasteiger partial charge in [0.25, 0.3) is 0 Å². The van der Waals surface area contributed by atoms with E-state index in [1.165, 1.54) is 0 Å². The molecule has 0 spiro atoms. The number of rotatable bonds is 7. The van der Waals surface area contributed by atoms with E-state index in [0.29, 0.717) is 19.4 Å². The van der Waals surface area contributed by atoms with Gasteiger partial charge in [0.2, 0.25) is 0 Å². The molecule has 3 heteroatoms. The van der Waals surface area contributed by atoms with Gasteiger partial charge < -0.3 is 4.74 Å². The highest BCUT2D eigenvalue weighted by Gasteiger charge is 2.22. The summed E-state index contributed by atoms with van der Waals surface area (Å²) in [6.07, 6.45) is 1.02. The molecule has 120 valence electrons. The molecule has 0 aromatic heterocycles. The highest BCUT2D eigenvalue weighted by molar-refractivity contribution is 5.79. The molecule has 3 nitrogen and oxygen atoms in total. The van der Waals surface area contributed by atoms with E-state index in [1.54, 1.807) is 6.92 Å². The van der Waals surface area contributed by atoms with Crippen LogP contribution in [0.25, 0.3) is 0 Å². The van der Waals surface area contributed by atoms with Crippen LogP contribution in [0.1, 0.15) is 36.5 Å². The third-order valence-electron chi connectivity index (χ3n) is 3.69. The van der Waals surface area contributed by atoms with Crippen molar-refractivity contribution in [2.45, 2.75) is 32.6 Å². The lowest BCUT2D eigenvalue weighted by Crippen LogP contribution is -2.18. The standard InChI is InChI=1S/C20H22O3/c1-3-23-20(22)19(14-16-7-5-4-6-8-16)18-11-9-17(10-12-18)13-15(2)21/h4-12,19H,3,13-14H2,1-2H3. The summed E-state index contributed by atoms with van der Waals surface area (Å²) in [4.78, 5) is 23.5. The molecule has 0 saturated heterocycles. The molecule has 1 unspecified atom stereocenters. The molecule has 23 heavy (non-hydrogen) atoms. The SMILES string of the molecule is CCOC(=O)C(Cc1ccccc1)c1ccc(CC(C)=O)cc1. The van der Waals surface area contributed by atoms with Gasteiger partial charge in [-0.3, -0.25) is 9.59 Å². The number of Topliss-reactive ketones (excluding diaryl/α,β-unsaturated/α-hetero) is 1. The maximum atomic E-state index is 12.3. The van der Waals surface area contributed by atoms with Crippen molar-refractivity contribution in [1.82, 2.24) is 0 Å². The quantitative estimate of drug-likeness (QED) is 0.732. The first kappa shape index (κ1) is 16.9. The van der Waals surface area contributed by atoms with Gasteiger partial charge in [-0.15, -0.1) is 0 Å². The van der Waals surface area contributed by atoms with E-state index in [0.717, 1.165) is 16.7 Å². The Kier molecular flexibility index (Phi) is 6.10. The topological polar surface area (TPSA) is 43.4 Å². The molecule has 0 fully saturated rings. The highest BCUT2D eigenvalue weighted by Crippen LogP contribution is 2.23. The second-order valence-corrected chi connectivity index (χ2v) is 5.61. The number of ether oxygens (including phenoxy) is 1. The molecular weight excluding hydrogens is 288 g/mol. The predicted octanol–water partition coefficient (Wildman–Crippen LogP) is 3.71. The minimum atomic E-state index is -0.330. The molecular formula is C20H22O3. The zero-order valence-corrected chi connectivity index (χ0v) is 13.6.